The molecule has 0 spiro atoms. The van der Waals surface area contributed by atoms with Crippen molar-refractivity contribution in [2.45, 2.75) is 13.0 Å². The summed E-state index contributed by atoms with van der Waals surface area (Å²) in [5.74, 6) is 0. The van der Waals surface area contributed by atoms with Gasteiger partial charge >= 0.3 is 5.69 Å². The van der Waals surface area contributed by atoms with Crippen molar-refractivity contribution >= 4 is 11.0 Å². The number of imidazole rings is 1. The third kappa shape index (κ3) is 1.24. The molecule has 0 aliphatic carbocycles. The van der Waals surface area contributed by atoms with E-state index in [1.54, 1.807) is 24.6 Å². The maximum absolute atomic E-state index is 11.3. The number of H-pyrrole nitrogens is 1. The second-order valence-corrected chi connectivity index (χ2v) is 3.44. The lowest BCUT2D eigenvalue weighted by atomic mass is 10.1. The molecule has 1 aromatic carbocycles. The van der Waals surface area contributed by atoms with Gasteiger partial charge in [0.2, 0.25) is 0 Å². The predicted molar refractivity (Wildman–Crippen MR) is 54.2 cm³/mol. The average Bonchev–Trinajstić information content (AvgIpc) is 2.42. The first-order valence-corrected chi connectivity index (χ1v) is 4.46. The molecule has 14 heavy (non-hydrogen) atoms. The number of aromatic amines is 1. The zero-order chi connectivity index (χ0) is 10.3. The van der Waals surface area contributed by atoms with E-state index in [0.717, 1.165) is 16.6 Å². The van der Waals surface area contributed by atoms with E-state index in [9.17, 15) is 9.90 Å². The van der Waals surface area contributed by atoms with Crippen LogP contribution < -0.4 is 5.69 Å². The molecule has 74 valence electrons. The van der Waals surface area contributed by atoms with E-state index >= 15 is 0 Å². The van der Waals surface area contributed by atoms with Gasteiger partial charge in [-0.05, 0) is 24.6 Å². The summed E-state index contributed by atoms with van der Waals surface area (Å²) < 4.78 is 1.54. The third-order valence-corrected chi connectivity index (χ3v) is 2.41. The highest BCUT2D eigenvalue weighted by atomic mass is 16.3. The summed E-state index contributed by atoms with van der Waals surface area (Å²) in [6, 6.07) is 5.44. The minimum atomic E-state index is -0.511. The topological polar surface area (TPSA) is 58.0 Å². The molecule has 0 bridgehead atoms. The van der Waals surface area contributed by atoms with E-state index in [-0.39, 0.29) is 5.69 Å². The Kier molecular flexibility index (Phi) is 1.93. The van der Waals surface area contributed by atoms with Gasteiger partial charge in [-0.1, -0.05) is 6.07 Å². The zero-order valence-corrected chi connectivity index (χ0v) is 8.11. The standard InChI is InChI=1S/C10H12N2O2/c1-6(13)7-3-4-9-8(5-7)11-10(14)12(9)2/h3-6,13H,1-2H3,(H,11,14). The van der Waals surface area contributed by atoms with E-state index in [1.165, 1.54) is 0 Å². The fourth-order valence-corrected chi connectivity index (χ4v) is 1.51. The van der Waals surface area contributed by atoms with E-state index in [2.05, 4.69) is 4.98 Å². The normalized spacial score (nSPS) is 13.4. The van der Waals surface area contributed by atoms with Gasteiger partial charge in [-0.25, -0.2) is 4.79 Å². The lowest BCUT2D eigenvalue weighted by Gasteiger charge is -2.03. The first-order chi connectivity index (χ1) is 6.59. The molecule has 0 saturated heterocycles. The summed E-state index contributed by atoms with van der Waals surface area (Å²) in [4.78, 5) is 14.0. The van der Waals surface area contributed by atoms with Crippen molar-refractivity contribution in [2.24, 2.45) is 7.05 Å². The molecular weight excluding hydrogens is 180 g/mol. The Morgan fingerprint density at radius 3 is 2.86 bits per heavy atom. The Hall–Kier alpha value is -1.55. The molecule has 4 nitrogen and oxygen atoms in total. The molecule has 0 saturated carbocycles. The number of aliphatic hydroxyl groups is 1. The molecule has 2 rings (SSSR count). The van der Waals surface area contributed by atoms with Gasteiger partial charge in [0.1, 0.15) is 0 Å². The Morgan fingerprint density at radius 1 is 1.50 bits per heavy atom. The van der Waals surface area contributed by atoms with E-state index in [0.29, 0.717) is 0 Å². The van der Waals surface area contributed by atoms with Gasteiger partial charge in [0.05, 0.1) is 17.1 Å². The summed E-state index contributed by atoms with van der Waals surface area (Å²) in [6.45, 7) is 1.70. The maximum atomic E-state index is 11.3. The highest BCUT2D eigenvalue weighted by molar-refractivity contribution is 5.76. The van der Waals surface area contributed by atoms with Crippen LogP contribution in [0.5, 0.6) is 0 Å². The summed E-state index contributed by atoms with van der Waals surface area (Å²) in [5.41, 5.74) is 2.28. The van der Waals surface area contributed by atoms with Crippen LogP contribution in [0.25, 0.3) is 11.0 Å². The van der Waals surface area contributed by atoms with Crippen LogP contribution >= 0.6 is 0 Å². The second-order valence-electron chi connectivity index (χ2n) is 3.44. The molecule has 0 amide bonds. The van der Waals surface area contributed by atoms with Crippen molar-refractivity contribution in [3.05, 3.63) is 34.2 Å². The Labute approximate surface area is 80.8 Å². The number of rotatable bonds is 1. The van der Waals surface area contributed by atoms with Crippen LogP contribution in [0, 0.1) is 0 Å². The van der Waals surface area contributed by atoms with Crippen molar-refractivity contribution in [1.29, 1.82) is 0 Å². The fraction of sp³-hybridized carbons (Fsp3) is 0.300. The number of aromatic nitrogens is 2. The van der Waals surface area contributed by atoms with Crippen molar-refractivity contribution in [3.63, 3.8) is 0 Å². The number of fused-ring (bicyclic) bond motifs is 1. The maximum Gasteiger partial charge on any atom is 0.326 e. The number of nitrogens with zero attached hydrogens (tertiary/aromatic N) is 1. The Balaban J connectivity index is 2.73. The summed E-state index contributed by atoms with van der Waals surface area (Å²) in [5, 5.41) is 9.36. The molecule has 0 radical (unpaired) electrons. The van der Waals surface area contributed by atoms with E-state index < -0.39 is 6.10 Å². The lowest BCUT2D eigenvalue weighted by molar-refractivity contribution is 0.199. The molecule has 2 aromatic rings. The van der Waals surface area contributed by atoms with Gasteiger partial charge in [-0.2, -0.15) is 0 Å². The number of aliphatic hydroxyl groups excluding tert-OH is 1. The number of benzene rings is 1. The molecule has 1 unspecified atom stereocenters. The fourth-order valence-electron chi connectivity index (χ4n) is 1.51. The molecule has 1 atom stereocenters. The molecule has 1 heterocycles. The molecule has 4 heteroatoms. The highest BCUT2D eigenvalue weighted by Crippen LogP contribution is 2.17. The molecule has 0 aliphatic heterocycles. The number of nitrogens with one attached hydrogen (secondary N) is 1. The van der Waals surface area contributed by atoms with Crippen LogP contribution in [0.3, 0.4) is 0 Å². The monoisotopic (exact) mass is 192 g/mol. The van der Waals surface area contributed by atoms with Gasteiger partial charge in [0.25, 0.3) is 0 Å². The minimum Gasteiger partial charge on any atom is -0.389 e. The van der Waals surface area contributed by atoms with Gasteiger partial charge in [-0.3, -0.25) is 4.57 Å². The number of hydrogen-bond acceptors (Lipinski definition) is 2. The van der Waals surface area contributed by atoms with Crippen LogP contribution in [-0.4, -0.2) is 14.7 Å². The van der Waals surface area contributed by atoms with Crippen LogP contribution in [0.15, 0.2) is 23.0 Å². The average molecular weight is 192 g/mol. The van der Waals surface area contributed by atoms with Crippen LogP contribution in [0.2, 0.25) is 0 Å². The van der Waals surface area contributed by atoms with Gasteiger partial charge < -0.3 is 10.1 Å². The first kappa shape index (κ1) is 9.02. The van der Waals surface area contributed by atoms with E-state index in [4.69, 9.17) is 0 Å². The predicted octanol–water partition coefficient (Wildman–Crippen LogP) is 0.920. The number of aryl methyl sites for hydroxylation is 1. The quantitative estimate of drug-likeness (QED) is 0.705. The molecule has 0 aliphatic rings. The minimum absolute atomic E-state index is 0.136. The smallest absolute Gasteiger partial charge is 0.326 e. The van der Waals surface area contributed by atoms with Crippen molar-refractivity contribution in [2.75, 3.05) is 0 Å². The third-order valence-electron chi connectivity index (χ3n) is 2.41. The lowest BCUT2D eigenvalue weighted by Crippen LogP contribution is -2.11. The molecular formula is C10H12N2O2. The van der Waals surface area contributed by atoms with Crippen molar-refractivity contribution < 1.29 is 5.11 Å². The Bertz CT molecular complexity index is 522. The highest BCUT2D eigenvalue weighted by Gasteiger charge is 2.05. The Morgan fingerprint density at radius 2 is 2.21 bits per heavy atom. The zero-order valence-electron chi connectivity index (χ0n) is 8.11. The summed E-state index contributed by atoms with van der Waals surface area (Å²) in [6.07, 6.45) is -0.511. The SMILES string of the molecule is CC(O)c1ccc2c(c1)[nH]c(=O)n2C. The van der Waals surface area contributed by atoms with Crippen LogP contribution in [0.4, 0.5) is 0 Å². The van der Waals surface area contributed by atoms with Crippen LogP contribution in [-0.2, 0) is 7.05 Å². The second kappa shape index (κ2) is 2.99. The molecule has 0 fully saturated rings. The van der Waals surface area contributed by atoms with Gasteiger partial charge in [0, 0.05) is 7.05 Å². The van der Waals surface area contributed by atoms with Crippen molar-refractivity contribution in [3.8, 4) is 0 Å². The molecule has 1 aromatic heterocycles. The number of hydrogen-bond donors (Lipinski definition) is 2. The van der Waals surface area contributed by atoms with Gasteiger partial charge in [-0.15, -0.1) is 0 Å². The van der Waals surface area contributed by atoms with Gasteiger partial charge in [0.15, 0.2) is 0 Å². The van der Waals surface area contributed by atoms with E-state index in [1.807, 2.05) is 12.1 Å². The van der Waals surface area contributed by atoms with Crippen molar-refractivity contribution in [1.82, 2.24) is 9.55 Å². The van der Waals surface area contributed by atoms with Crippen LogP contribution in [0.1, 0.15) is 18.6 Å². The summed E-state index contributed by atoms with van der Waals surface area (Å²) in [7, 11) is 1.71. The first-order valence-electron chi connectivity index (χ1n) is 4.46. The largest absolute Gasteiger partial charge is 0.389 e. The summed E-state index contributed by atoms with van der Waals surface area (Å²) >= 11 is 0. The molecule has 2 N–H and O–H groups in total.